The van der Waals surface area contributed by atoms with Gasteiger partial charge in [0, 0.05) is 21.9 Å². The van der Waals surface area contributed by atoms with Crippen molar-refractivity contribution in [1.29, 1.82) is 0 Å². The smallest absolute Gasteiger partial charge is 0.340 e. The van der Waals surface area contributed by atoms with E-state index in [-0.39, 0.29) is 12.0 Å². The van der Waals surface area contributed by atoms with E-state index in [2.05, 4.69) is 5.32 Å². The van der Waals surface area contributed by atoms with E-state index in [0.717, 1.165) is 34.1 Å². The summed E-state index contributed by atoms with van der Waals surface area (Å²) in [5.41, 5.74) is 4.01. The van der Waals surface area contributed by atoms with Gasteiger partial charge in [0.2, 0.25) is 5.91 Å². The molecule has 2 aromatic heterocycles. The normalized spacial score (nSPS) is 12.2. The van der Waals surface area contributed by atoms with Crippen molar-refractivity contribution in [2.75, 3.05) is 0 Å². The lowest BCUT2D eigenvalue weighted by atomic mass is 9.96. The van der Waals surface area contributed by atoms with E-state index in [1.165, 1.54) is 0 Å². The van der Waals surface area contributed by atoms with Gasteiger partial charge >= 0.3 is 11.6 Å². The third-order valence-corrected chi connectivity index (χ3v) is 6.51. The zero-order valence-electron chi connectivity index (χ0n) is 20.4. The molecule has 0 radical (unpaired) electrons. The summed E-state index contributed by atoms with van der Waals surface area (Å²) >= 11 is 0. The zero-order chi connectivity index (χ0) is 25.3. The van der Waals surface area contributed by atoms with Crippen LogP contribution in [-0.4, -0.2) is 23.0 Å². The second-order valence-corrected chi connectivity index (χ2v) is 8.92. The minimum Gasteiger partial charge on any atom is -0.480 e. The number of carboxylic acids is 1. The topological polar surface area (TPSA) is 110 Å². The van der Waals surface area contributed by atoms with Crippen LogP contribution in [0.25, 0.3) is 33.1 Å². The van der Waals surface area contributed by atoms with Crippen molar-refractivity contribution in [3.63, 3.8) is 0 Å². The Kier molecular flexibility index (Phi) is 6.78. The van der Waals surface area contributed by atoms with E-state index in [1.807, 2.05) is 57.2 Å². The molecule has 0 saturated heterocycles. The fourth-order valence-electron chi connectivity index (χ4n) is 4.61. The first kappa shape index (κ1) is 24.3. The lowest BCUT2D eigenvalue weighted by molar-refractivity contribution is -0.142. The number of amides is 1. The lowest BCUT2D eigenvalue weighted by Gasteiger charge is -2.15. The summed E-state index contributed by atoms with van der Waals surface area (Å²) in [6, 6.07) is 10.9. The molecule has 0 bridgehead atoms. The first-order valence-corrected chi connectivity index (χ1v) is 11.8. The maximum absolute atomic E-state index is 12.9. The summed E-state index contributed by atoms with van der Waals surface area (Å²) in [4.78, 5) is 37.1. The average molecular weight is 476 g/mol. The number of aryl methyl sites for hydroxylation is 3. The summed E-state index contributed by atoms with van der Waals surface area (Å²) in [7, 11) is 0. The van der Waals surface area contributed by atoms with Crippen LogP contribution in [-0.2, 0) is 16.0 Å². The maximum Gasteiger partial charge on any atom is 0.340 e. The van der Waals surface area contributed by atoms with Crippen LogP contribution in [0.2, 0.25) is 0 Å². The monoisotopic (exact) mass is 475 g/mol. The fraction of sp³-hybridized carbons (Fsp3) is 0.321. The number of rotatable bonds is 8. The molecule has 4 rings (SSSR count). The molecule has 0 saturated carbocycles. The van der Waals surface area contributed by atoms with Crippen molar-refractivity contribution in [3.8, 4) is 11.1 Å². The van der Waals surface area contributed by atoms with Crippen molar-refractivity contribution in [1.82, 2.24) is 5.32 Å². The van der Waals surface area contributed by atoms with Crippen LogP contribution in [0.3, 0.4) is 0 Å². The molecule has 0 fully saturated rings. The molecule has 182 valence electrons. The predicted molar refractivity (Wildman–Crippen MR) is 135 cm³/mol. The molecule has 2 heterocycles. The standard InChI is InChI=1S/C28H29NO6/c1-5-6-12-22(27(31)32)29-23(30)14-20-15(2)19-13-21-24(18-10-8-7-9-11-18)17(4)34-26(21)16(3)25(19)35-28(20)33/h7-11,13,22H,5-6,12,14H2,1-4H3,(H,29,30)(H,31,32)/t22-/m1/s1. The molecule has 0 unspecified atom stereocenters. The number of furan rings is 1. The van der Waals surface area contributed by atoms with Crippen molar-refractivity contribution in [2.45, 2.75) is 59.4 Å². The number of aliphatic carboxylic acids is 1. The Balaban J connectivity index is 1.79. The summed E-state index contributed by atoms with van der Waals surface area (Å²) in [5.74, 6) is -0.850. The van der Waals surface area contributed by atoms with E-state index in [1.54, 1.807) is 6.92 Å². The molecule has 2 N–H and O–H groups in total. The lowest BCUT2D eigenvalue weighted by Crippen LogP contribution is -2.42. The number of unbranched alkanes of at least 4 members (excludes halogenated alkanes) is 1. The SMILES string of the molecule is CCCC[C@@H](NC(=O)Cc1c(C)c2cc3c(-c4ccccc4)c(C)oc3c(C)c2oc1=O)C(=O)O. The first-order chi connectivity index (χ1) is 16.7. The van der Waals surface area contributed by atoms with Gasteiger partial charge in [0.15, 0.2) is 0 Å². The highest BCUT2D eigenvalue weighted by molar-refractivity contribution is 6.06. The largest absolute Gasteiger partial charge is 0.480 e. The van der Waals surface area contributed by atoms with Crippen LogP contribution in [0.4, 0.5) is 0 Å². The minimum absolute atomic E-state index is 0.217. The molecular weight excluding hydrogens is 446 g/mol. The van der Waals surface area contributed by atoms with E-state index in [4.69, 9.17) is 8.83 Å². The summed E-state index contributed by atoms with van der Waals surface area (Å²) in [6.45, 7) is 7.49. The van der Waals surface area contributed by atoms with Gasteiger partial charge in [0.25, 0.3) is 0 Å². The van der Waals surface area contributed by atoms with Gasteiger partial charge in [-0.2, -0.15) is 0 Å². The number of nitrogens with one attached hydrogen (secondary N) is 1. The van der Waals surface area contributed by atoms with Crippen LogP contribution in [0.15, 0.2) is 50.0 Å². The second kappa shape index (κ2) is 9.78. The Morgan fingerprint density at radius 3 is 2.34 bits per heavy atom. The van der Waals surface area contributed by atoms with Gasteiger partial charge in [-0.05, 0) is 44.4 Å². The molecule has 7 nitrogen and oxygen atoms in total. The van der Waals surface area contributed by atoms with Crippen LogP contribution < -0.4 is 10.9 Å². The van der Waals surface area contributed by atoms with E-state index in [9.17, 15) is 19.5 Å². The Morgan fingerprint density at radius 1 is 1.00 bits per heavy atom. The van der Waals surface area contributed by atoms with Gasteiger partial charge in [-0.1, -0.05) is 50.1 Å². The number of fused-ring (bicyclic) bond motifs is 2. The highest BCUT2D eigenvalue weighted by Crippen LogP contribution is 2.39. The Morgan fingerprint density at radius 2 is 1.69 bits per heavy atom. The van der Waals surface area contributed by atoms with E-state index in [0.29, 0.717) is 35.1 Å². The second-order valence-electron chi connectivity index (χ2n) is 8.92. The summed E-state index contributed by atoms with van der Waals surface area (Å²) < 4.78 is 11.8. The Bertz CT molecular complexity index is 1480. The van der Waals surface area contributed by atoms with Gasteiger partial charge in [-0.3, -0.25) is 4.79 Å². The molecule has 0 aliphatic rings. The third kappa shape index (κ3) is 4.58. The molecule has 1 atom stereocenters. The number of hydrogen-bond donors (Lipinski definition) is 2. The van der Waals surface area contributed by atoms with Gasteiger partial charge in [0.05, 0.1) is 12.0 Å². The number of hydrogen-bond acceptors (Lipinski definition) is 5. The van der Waals surface area contributed by atoms with Crippen LogP contribution in [0, 0.1) is 20.8 Å². The number of carboxylic acid groups (broad SMARTS) is 1. The van der Waals surface area contributed by atoms with Crippen molar-refractivity contribution in [3.05, 3.63) is 69.3 Å². The molecule has 0 aliphatic carbocycles. The predicted octanol–water partition coefficient (Wildman–Crippen LogP) is 5.43. The first-order valence-electron chi connectivity index (χ1n) is 11.8. The molecule has 1 amide bonds. The highest BCUT2D eigenvalue weighted by Gasteiger charge is 2.24. The number of carbonyl (C=O) groups is 2. The molecule has 2 aromatic carbocycles. The molecular formula is C28H29NO6. The van der Waals surface area contributed by atoms with Crippen molar-refractivity contribution >= 4 is 33.8 Å². The number of carbonyl (C=O) groups excluding carboxylic acids is 1. The third-order valence-electron chi connectivity index (χ3n) is 6.51. The Hall–Kier alpha value is -3.87. The molecule has 0 spiro atoms. The molecule has 35 heavy (non-hydrogen) atoms. The van der Waals surface area contributed by atoms with Crippen molar-refractivity contribution in [2.24, 2.45) is 0 Å². The number of benzene rings is 2. The van der Waals surface area contributed by atoms with Crippen LogP contribution in [0.1, 0.15) is 48.6 Å². The highest BCUT2D eigenvalue weighted by atomic mass is 16.4. The summed E-state index contributed by atoms with van der Waals surface area (Å²) in [5, 5.41) is 13.6. The average Bonchev–Trinajstić information content (AvgIpc) is 3.17. The maximum atomic E-state index is 12.9. The van der Waals surface area contributed by atoms with Crippen LogP contribution in [0.5, 0.6) is 0 Å². The molecule has 7 heteroatoms. The summed E-state index contributed by atoms with van der Waals surface area (Å²) in [6.07, 6.45) is 1.58. The van der Waals surface area contributed by atoms with E-state index >= 15 is 0 Å². The van der Waals surface area contributed by atoms with E-state index < -0.39 is 23.5 Å². The van der Waals surface area contributed by atoms with Gasteiger partial charge in [-0.25, -0.2) is 9.59 Å². The van der Waals surface area contributed by atoms with Gasteiger partial charge in [-0.15, -0.1) is 0 Å². The van der Waals surface area contributed by atoms with Gasteiger partial charge < -0.3 is 19.3 Å². The van der Waals surface area contributed by atoms with Gasteiger partial charge in [0.1, 0.15) is 23.0 Å². The quantitative estimate of drug-likeness (QED) is 0.329. The fourth-order valence-corrected chi connectivity index (χ4v) is 4.61. The van der Waals surface area contributed by atoms with Crippen molar-refractivity contribution < 1.29 is 23.5 Å². The Labute approximate surface area is 202 Å². The molecule has 0 aliphatic heterocycles. The zero-order valence-corrected chi connectivity index (χ0v) is 20.4. The van der Waals surface area contributed by atoms with Crippen LogP contribution >= 0.6 is 0 Å². The minimum atomic E-state index is -1.09. The molecule has 4 aromatic rings.